The van der Waals surface area contributed by atoms with Crippen LogP contribution >= 0.6 is 0 Å². The number of likely N-dealkylation sites (tertiary alicyclic amines) is 1. The van der Waals surface area contributed by atoms with Gasteiger partial charge >= 0.3 is 34.2 Å². The van der Waals surface area contributed by atoms with E-state index in [4.69, 9.17) is 5.11 Å². The summed E-state index contributed by atoms with van der Waals surface area (Å²) in [5, 5.41) is -2.22. The number of hydrogen-bond acceptors (Lipinski definition) is 7. The molecule has 9 nitrogen and oxygen atoms in total. The number of nitrogens with one attached hydrogen (secondary N) is 3. The van der Waals surface area contributed by atoms with Crippen LogP contribution in [0.4, 0.5) is 52.7 Å². The van der Waals surface area contributed by atoms with Crippen LogP contribution in [-0.4, -0.2) is 93.3 Å². The third-order valence-electron chi connectivity index (χ3n) is 12.7. The number of aliphatic hydroxyl groups is 1. The summed E-state index contributed by atoms with van der Waals surface area (Å²) in [5.74, 6) is -23.0. The number of benzene rings is 5. The van der Waals surface area contributed by atoms with Gasteiger partial charge in [0.05, 0.1) is 11.1 Å². The van der Waals surface area contributed by atoms with Gasteiger partial charge < -0.3 is 10.4 Å². The second-order valence-corrected chi connectivity index (χ2v) is 21.0. The van der Waals surface area contributed by atoms with Crippen molar-refractivity contribution in [2.24, 2.45) is 0 Å². The lowest BCUT2D eigenvalue weighted by atomic mass is 9.76. The standard InChI is InChI=1S/C28H28F6N2O2S.C21H22F6N2O2S.CH4O/c1-25(29,30)27(31,32)28(33,34)39(37,38)35-26(22-14-7-3-8-15-22,23-16-9-4-10-17-23)24-18-11-19-36(24)20-21-12-5-2-6-13-21;1-18(22,23)20(24,25)21(26,27)32(30,31)29-19(17-13-8-14-28-17,15-9-4-2-5-10-15)16-11-6-3-7-12-16;1-2/h2-10,12-17,24,35H,11,18-20H2,1H3;2-7,9-12,17,28-29H,8,13-14H2,1H3;2H,1H3/t24-;17-;/m00./s1. The van der Waals surface area contributed by atoms with Gasteiger partial charge in [-0.1, -0.05) is 152 Å². The summed E-state index contributed by atoms with van der Waals surface area (Å²) in [6, 6.07) is 38.2. The summed E-state index contributed by atoms with van der Waals surface area (Å²) >= 11 is 0. The SMILES string of the molecule is CC(F)(F)C(F)(F)C(F)(F)S(=O)(=O)NC(c1ccccc1)(c1ccccc1)[C@@H]1CCCN1.CC(F)(F)C(F)(F)C(F)(F)S(=O)(=O)NC(c1ccccc1)(c1ccccc1)[C@@H]1CCCN1Cc1ccccc1.CO. The lowest BCUT2D eigenvalue weighted by molar-refractivity contribution is -0.271. The van der Waals surface area contributed by atoms with Crippen LogP contribution in [0.5, 0.6) is 0 Å². The fourth-order valence-electron chi connectivity index (χ4n) is 9.08. The largest absolute Gasteiger partial charge is 0.426 e. The van der Waals surface area contributed by atoms with Gasteiger partial charge in [0.2, 0.25) is 0 Å². The second kappa shape index (κ2) is 22.4. The van der Waals surface area contributed by atoms with Crippen molar-refractivity contribution in [3.8, 4) is 0 Å². The average molecular weight is 1080 g/mol. The number of hydrogen-bond donors (Lipinski definition) is 4. The fourth-order valence-corrected chi connectivity index (χ4v) is 12.0. The molecule has 0 aliphatic carbocycles. The van der Waals surface area contributed by atoms with Crippen molar-refractivity contribution >= 4 is 20.0 Å². The molecule has 400 valence electrons. The Bertz CT molecular complexity index is 2680. The third kappa shape index (κ3) is 11.3. The maximum Gasteiger partial charge on any atom is 0.426 e. The molecule has 5 aromatic rings. The Morgan fingerprint density at radius 2 is 0.836 bits per heavy atom. The lowest BCUT2D eigenvalue weighted by Crippen LogP contribution is -2.65. The Morgan fingerprint density at radius 1 is 0.507 bits per heavy atom. The molecule has 2 aliphatic rings. The number of nitrogens with zero attached hydrogens (tertiary/aromatic N) is 1. The molecular weight excluding hydrogens is 1030 g/mol. The van der Waals surface area contributed by atoms with Gasteiger partial charge in [-0.3, -0.25) is 4.90 Å². The van der Waals surface area contributed by atoms with Crippen LogP contribution in [0.25, 0.3) is 0 Å². The molecule has 0 spiro atoms. The molecule has 0 aromatic heterocycles. The van der Waals surface area contributed by atoms with Gasteiger partial charge in [-0.05, 0) is 66.6 Å². The molecule has 73 heavy (non-hydrogen) atoms. The Labute approximate surface area is 416 Å². The predicted molar refractivity (Wildman–Crippen MR) is 252 cm³/mol. The molecule has 0 amide bonds. The van der Waals surface area contributed by atoms with Crippen LogP contribution in [0, 0.1) is 0 Å². The van der Waals surface area contributed by atoms with Crippen molar-refractivity contribution < 1.29 is 74.6 Å². The first-order chi connectivity index (χ1) is 34.0. The lowest BCUT2D eigenvalue weighted by Gasteiger charge is -2.45. The van der Waals surface area contributed by atoms with Gasteiger partial charge in [0.15, 0.2) is 0 Å². The van der Waals surface area contributed by atoms with Crippen molar-refractivity contribution in [1.82, 2.24) is 19.7 Å². The van der Waals surface area contributed by atoms with Crippen molar-refractivity contribution in [1.29, 1.82) is 0 Å². The summed E-state index contributed by atoms with van der Waals surface area (Å²) in [5.41, 5.74) is -2.33. The molecule has 0 unspecified atom stereocenters. The van der Waals surface area contributed by atoms with E-state index in [-0.39, 0.29) is 22.3 Å². The normalized spacial score (nSPS) is 17.8. The zero-order valence-electron chi connectivity index (χ0n) is 39.4. The number of halogens is 12. The van der Waals surface area contributed by atoms with E-state index < -0.39 is 91.3 Å². The quantitative estimate of drug-likeness (QED) is 0.0644. The fraction of sp³-hybridized carbons (Fsp3) is 0.400. The summed E-state index contributed by atoms with van der Waals surface area (Å²) < 4.78 is 226. The average Bonchev–Trinajstić information content (AvgIpc) is 4.08. The van der Waals surface area contributed by atoms with E-state index in [1.165, 1.54) is 72.8 Å². The second-order valence-electron chi connectivity index (χ2n) is 17.5. The van der Waals surface area contributed by atoms with Gasteiger partial charge in [0, 0.05) is 39.6 Å². The zero-order chi connectivity index (χ0) is 54.4. The van der Waals surface area contributed by atoms with Crippen molar-refractivity contribution in [3.05, 3.63) is 179 Å². The monoisotopic (exact) mass is 1080 g/mol. The topological polar surface area (TPSA) is 128 Å². The summed E-state index contributed by atoms with van der Waals surface area (Å²) in [6.45, 7) is 0.317. The van der Waals surface area contributed by atoms with E-state index in [9.17, 15) is 60.7 Å². The van der Waals surface area contributed by atoms with Gasteiger partial charge in [-0.25, -0.2) is 16.8 Å². The summed E-state index contributed by atoms with van der Waals surface area (Å²) in [6.07, 6.45) is 1.75. The van der Waals surface area contributed by atoms with Crippen molar-refractivity contribution in [2.75, 3.05) is 20.2 Å². The van der Waals surface area contributed by atoms with E-state index in [0.29, 0.717) is 45.3 Å². The van der Waals surface area contributed by atoms with Crippen molar-refractivity contribution in [2.45, 2.75) is 103 Å². The van der Waals surface area contributed by atoms with E-state index >= 15 is 8.78 Å². The van der Waals surface area contributed by atoms with E-state index in [2.05, 4.69) is 5.32 Å². The van der Waals surface area contributed by atoms with Crippen LogP contribution < -0.4 is 14.8 Å². The molecule has 4 N–H and O–H groups in total. The van der Waals surface area contributed by atoms with Crippen LogP contribution in [-0.2, 0) is 37.7 Å². The molecule has 0 bridgehead atoms. The number of rotatable bonds is 18. The Morgan fingerprint density at radius 3 is 1.16 bits per heavy atom. The summed E-state index contributed by atoms with van der Waals surface area (Å²) in [4.78, 5) is 1.89. The van der Waals surface area contributed by atoms with Gasteiger partial charge in [0.1, 0.15) is 0 Å². The molecule has 2 aliphatic heterocycles. The molecule has 0 saturated carbocycles. The molecule has 0 radical (unpaired) electrons. The first kappa shape index (κ1) is 58.8. The van der Waals surface area contributed by atoms with Crippen LogP contribution in [0.15, 0.2) is 152 Å². The van der Waals surface area contributed by atoms with Crippen molar-refractivity contribution in [3.63, 3.8) is 0 Å². The minimum Gasteiger partial charge on any atom is -0.400 e. The minimum absolute atomic E-state index is 0.191. The highest BCUT2D eigenvalue weighted by atomic mass is 32.2. The highest BCUT2D eigenvalue weighted by Gasteiger charge is 2.77. The third-order valence-corrected chi connectivity index (χ3v) is 15.7. The Kier molecular flexibility index (Phi) is 18.1. The number of alkyl halides is 12. The first-order valence-electron chi connectivity index (χ1n) is 22.5. The highest BCUT2D eigenvalue weighted by Crippen LogP contribution is 2.52. The minimum atomic E-state index is -6.43. The number of aliphatic hydroxyl groups excluding tert-OH is 1. The molecule has 7 rings (SSSR count). The zero-order valence-corrected chi connectivity index (χ0v) is 41.1. The number of sulfonamides is 2. The van der Waals surface area contributed by atoms with Gasteiger partial charge in [0.25, 0.3) is 20.0 Å². The molecule has 2 fully saturated rings. The molecule has 2 atom stereocenters. The smallest absolute Gasteiger partial charge is 0.400 e. The molecule has 23 heteroatoms. The Balaban J connectivity index is 0.000000267. The van der Waals surface area contributed by atoms with Crippen LogP contribution in [0.2, 0.25) is 0 Å². The molecular formula is C50H54F12N4O5S2. The maximum atomic E-state index is 15.1. The summed E-state index contributed by atoms with van der Waals surface area (Å²) in [7, 11) is -11.8. The maximum absolute atomic E-state index is 15.1. The van der Waals surface area contributed by atoms with E-state index in [1.807, 2.05) is 40.0 Å². The molecule has 2 heterocycles. The van der Waals surface area contributed by atoms with Gasteiger partial charge in [-0.2, -0.15) is 62.1 Å². The Hall–Kier alpha value is -5.04. The van der Waals surface area contributed by atoms with E-state index in [1.54, 1.807) is 53.3 Å². The van der Waals surface area contributed by atoms with Crippen LogP contribution in [0.3, 0.4) is 0 Å². The van der Waals surface area contributed by atoms with Crippen LogP contribution in [0.1, 0.15) is 67.3 Å². The van der Waals surface area contributed by atoms with Gasteiger partial charge in [-0.15, -0.1) is 0 Å². The molecule has 5 aromatic carbocycles. The highest BCUT2D eigenvalue weighted by molar-refractivity contribution is 7.91. The molecule has 2 saturated heterocycles. The first-order valence-corrected chi connectivity index (χ1v) is 25.5. The van der Waals surface area contributed by atoms with E-state index in [0.717, 1.165) is 12.7 Å². The predicted octanol–water partition coefficient (Wildman–Crippen LogP) is 10.5.